The fourth-order valence-electron chi connectivity index (χ4n) is 4.12. The van der Waals surface area contributed by atoms with Crippen LogP contribution in [0.1, 0.15) is 11.6 Å². The van der Waals surface area contributed by atoms with Gasteiger partial charge in [0.1, 0.15) is 19.0 Å². The SMILES string of the molecule is COCC(=O)N1C[C@H]2CN(C(=O)NCC(=O)OC)C[C@H]2[C@@H]1c1cccc(F)c1. The number of carbonyl (C=O) groups is 3. The highest BCUT2D eigenvalue weighted by molar-refractivity contribution is 5.81. The van der Waals surface area contributed by atoms with Crippen LogP contribution in [0.4, 0.5) is 9.18 Å². The van der Waals surface area contributed by atoms with Crippen LogP contribution >= 0.6 is 0 Å². The van der Waals surface area contributed by atoms with Crippen molar-refractivity contribution in [3.63, 3.8) is 0 Å². The van der Waals surface area contributed by atoms with Gasteiger partial charge in [-0.2, -0.15) is 0 Å². The number of likely N-dealkylation sites (tertiary alicyclic amines) is 2. The Kier molecular flexibility index (Phi) is 6.13. The summed E-state index contributed by atoms with van der Waals surface area (Å²) in [6.45, 7) is 1.09. The van der Waals surface area contributed by atoms with E-state index in [1.165, 1.54) is 26.4 Å². The Morgan fingerprint density at radius 1 is 1.21 bits per heavy atom. The van der Waals surface area contributed by atoms with E-state index in [9.17, 15) is 18.8 Å². The Balaban J connectivity index is 1.76. The maximum atomic E-state index is 13.8. The van der Waals surface area contributed by atoms with Crippen molar-refractivity contribution in [2.75, 3.05) is 47.0 Å². The lowest BCUT2D eigenvalue weighted by atomic mass is 9.89. The van der Waals surface area contributed by atoms with E-state index >= 15 is 0 Å². The smallest absolute Gasteiger partial charge is 0.325 e. The van der Waals surface area contributed by atoms with Crippen molar-refractivity contribution in [2.24, 2.45) is 11.8 Å². The van der Waals surface area contributed by atoms with Crippen molar-refractivity contribution in [3.05, 3.63) is 35.6 Å². The summed E-state index contributed by atoms with van der Waals surface area (Å²) in [5, 5.41) is 2.53. The molecular weight excluding hydrogens is 369 g/mol. The van der Waals surface area contributed by atoms with Crippen molar-refractivity contribution < 1.29 is 28.2 Å². The topological polar surface area (TPSA) is 88.2 Å². The number of fused-ring (bicyclic) bond motifs is 1. The van der Waals surface area contributed by atoms with Gasteiger partial charge in [-0.05, 0) is 17.7 Å². The molecule has 9 heteroatoms. The van der Waals surface area contributed by atoms with Crippen LogP contribution in [0.3, 0.4) is 0 Å². The fraction of sp³-hybridized carbons (Fsp3) is 0.526. The van der Waals surface area contributed by atoms with E-state index < -0.39 is 5.97 Å². The molecule has 1 aromatic carbocycles. The van der Waals surface area contributed by atoms with Crippen LogP contribution in [0.15, 0.2) is 24.3 Å². The van der Waals surface area contributed by atoms with E-state index in [2.05, 4.69) is 10.1 Å². The summed E-state index contributed by atoms with van der Waals surface area (Å²) < 4.78 is 23.3. The highest BCUT2D eigenvalue weighted by atomic mass is 19.1. The number of urea groups is 1. The Labute approximate surface area is 162 Å². The third-order valence-electron chi connectivity index (χ3n) is 5.34. The molecule has 1 aromatic rings. The quantitative estimate of drug-likeness (QED) is 0.748. The Bertz CT molecular complexity index is 759. The van der Waals surface area contributed by atoms with Gasteiger partial charge in [0.2, 0.25) is 5.91 Å². The first-order chi connectivity index (χ1) is 13.4. The molecule has 2 aliphatic heterocycles. The van der Waals surface area contributed by atoms with Crippen LogP contribution in [0, 0.1) is 17.7 Å². The number of esters is 1. The summed E-state index contributed by atoms with van der Waals surface area (Å²) in [7, 11) is 2.71. The zero-order chi connectivity index (χ0) is 20.3. The Morgan fingerprint density at radius 3 is 2.68 bits per heavy atom. The molecule has 0 saturated carbocycles. The number of hydrogen-bond donors (Lipinski definition) is 1. The molecule has 0 unspecified atom stereocenters. The number of nitrogens with zero attached hydrogens (tertiary/aromatic N) is 2. The zero-order valence-electron chi connectivity index (χ0n) is 15.9. The van der Waals surface area contributed by atoms with Crippen LogP contribution in [-0.4, -0.2) is 74.7 Å². The molecule has 3 rings (SSSR count). The number of rotatable bonds is 5. The lowest BCUT2D eigenvalue weighted by Gasteiger charge is -2.30. The monoisotopic (exact) mass is 393 g/mol. The minimum atomic E-state index is -0.526. The predicted octanol–water partition coefficient (Wildman–Crippen LogP) is 0.786. The number of methoxy groups -OCH3 is 2. The number of benzene rings is 1. The maximum absolute atomic E-state index is 13.8. The first-order valence-electron chi connectivity index (χ1n) is 9.08. The number of amides is 3. The molecule has 3 amide bonds. The molecule has 28 heavy (non-hydrogen) atoms. The second kappa shape index (κ2) is 8.55. The van der Waals surface area contributed by atoms with Crippen molar-refractivity contribution in [2.45, 2.75) is 6.04 Å². The molecule has 1 N–H and O–H groups in total. The maximum Gasteiger partial charge on any atom is 0.325 e. The van der Waals surface area contributed by atoms with Gasteiger partial charge in [-0.25, -0.2) is 9.18 Å². The van der Waals surface area contributed by atoms with Gasteiger partial charge >= 0.3 is 12.0 Å². The number of carbonyl (C=O) groups excluding carboxylic acids is 3. The molecule has 152 valence electrons. The third kappa shape index (κ3) is 4.09. The van der Waals surface area contributed by atoms with Gasteiger partial charge in [0, 0.05) is 38.6 Å². The summed E-state index contributed by atoms with van der Waals surface area (Å²) in [6.07, 6.45) is 0. The lowest BCUT2D eigenvalue weighted by molar-refractivity contribution is -0.139. The van der Waals surface area contributed by atoms with Gasteiger partial charge in [0.05, 0.1) is 13.2 Å². The van der Waals surface area contributed by atoms with Gasteiger partial charge in [0.25, 0.3) is 0 Å². The summed E-state index contributed by atoms with van der Waals surface area (Å²) in [5.41, 5.74) is 0.703. The summed E-state index contributed by atoms with van der Waals surface area (Å²) in [5.74, 6) is -1.01. The number of ether oxygens (including phenoxy) is 2. The normalized spacial score (nSPS) is 23.5. The molecule has 0 radical (unpaired) electrons. The van der Waals surface area contributed by atoms with E-state index in [1.54, 1.807) is 21.9 Å². The zero-order valence-corrected chi connectivity index (χ0v) is 15.9. The summed E-state index contributed by atoms with van der Waals surface area (Å²) >= 11 is 0. The lowest BCUT2D eigenvalue weighted by Crippen LogP contribution is -2.43. The van der Waals surface area contributed by atoms with Crippen molar-refractivity contribution in [1.82, 2.24) is 15.1 Å². The van der Waals surface area contributed by atoms with E-state index in [4.69, 9.17) is 4.74 Å². The first kappa shape index (κ1) is 20.1. The van der Waals surface area contributed by atoms with Crippen LogP contribution in [0.25, 0.3) is 0 Å². The van der Waals surface area contributed by atoms with Gasteiger partial charge < -0.3 is 24.6 Å². The average Bonchev–Trinajstić information content (AvgIpc) is 3.23. The van der Waals surface area contributed by atoms with Gasteiger partial charge in [-0.15, -0.1) is 0 Å². The van der Waals surface area contributed by atoms with Crippen LogP contribution in [-0.2, 0) is 19.1 Å². The Morgan fingerprint density at radius 2 is 2.00 bits per heavy atom. The molecule has 2 aliphatic rings. The van der Waals surface area contributed by atoms with E-state index in [0.717, 1.165) is 0 Å². The molecule has 2 saturated heterocycles. The van der Waals surface area contributed by atoms with E-state index in [0.29, 0.717) is 25.2 Å². The molecule has 8 nitrogen and oxygen atoms in total. The van der Waals surface area contributed by atoms with Crippen LogP contribution in [0.2, 0.25) is 0 Å². The average molecular weight is 393 g/mol. The number of hydrogen-bond acceptors (Lipinski definition) is 5. The molecule has 3 atom stereocenters. The fourth-order valence-corrected chi connectivity index (χ4v) is 4.12. The summed E-state index contributed by atoms with van der Waals surface area (Å²) in [4.78, 5) is 39.5. The molecule has 0 spiro atoms. The van der Waals surface area contributed by atoms with E-state index in [-0.39, 0.29) is 48.8 Å². The minimum absolute atomic E-state index is 0.0218. The van der Waals surface area contributed by atoms with Crippen LogP contribution < -0.4 is 5.32 Å². The van der Waals surface area contributed by atoms with Gasteiger partial charge in [-0.1, -0.05) is 12.1 Å². The molecule has 0 aromatic heterocycles. The van der Waals surface area contributed by atoms with Crippen molar-refractivity contribution in [3.8, 4) is 0 Å². The standard InChI is InChI=1S/C19H24FN3O5/c1-27-11-16(24)23-9-13-8-22(19(26)21-7-17(25)28-2)10-15(13)18(23)12-4-3-5-14(20)6-12/h3-6,13,15,18H,7-11H2,1-2H3,(H,21,26)/t13-,15-,18+/m1/s1. The van der Waals surface area contributed by atoms with Crippen LogP contribution in [0.5, 0.6) is 0 Å². The molecular formula is C19H24FN3O5. The minimum Gasteiger partial charge on any atom is -0.468 e. The van der Waals surface area contributed by atoms with Gasteiger partial charge in [0.15, 0.2) is 0 Å². The molecule has 2 heterocycles. The first-order valence-corrected chi connectivity index (χ1v) is 9.08. The predicted molar refractivity (Wildman–Crippen MR) is 96.7 cm³/mol. The third-order valence-corrected chi connectivity index (χ3v) is 5.34. The van der Waals surface area contributed by atoms with Crippen molar-refractivity contribution in [1.29, 1.82) is 0 Å². The number of nitrogens with one attached hydrogen (secondary N) is 1. The Hall–Kier alpha value is -2.68. The second-order valence-corrected chi connectivity index (χ2v) is 7.04. The van der Waals surface area contributed by atoms with E-state index in [1.807, 2.05) is 0 Å². The number of halogens is 1. The highest BCUT2D eigenvalue weighted by Gasteiger charge is 2.50. The second-order valence-electron chi connectivity index (χ2n) is 7.04. The molecule has 0 bridgehead atoms. The molecule has 0 aliphatic carbocycles. The summed E-state index contributed by atoms with van der Waals surface area (Å²) in [6, 6.07) is 5.52. The van der Waals surface area contributed by atoms with Gasteiger partial charge in [-0.3, -0.25) is 9.59 Å². The largest absolute Gasteiger partial charge is 0.468 e. The highest BCUT2D eigenvalue weighted by Crippen LogP contribution is 2.45. The van der Waals surface area contributed by atoms with Crippen molar-refractivity contribution >= 4 is 17.9 Å². The molecule has 2 fully saturated rings.